The van der Waals surface area contributed by atoms with Gasteiger partial charge in [0.15, 0.2) is 5.82 Å². The van der Waals surface area contributed by atoms with Gasteiger partial charge in [-0.15, -0.1) is 0 Å². The zero-order valence-electron chi connectivity index (χ0n) is 10.8. The van der Waals surface area contributed by atoms with Gasteiger partial charge in [-0.2, -0.15) is 10.2 Å². The number of hydrogen-bond acceptors (Lipinski definition) is 4. The van der Waals surface area contributed by atoms with Crippen LogP contribution >= 0.6 is 15.9 Å². The van der Waals surface area contributed by atoms with E-state index in [0.717, 1.165) is 22.3 Å². The van der Waals surface area contributed by atoms with Gasteiger partial charge in [0.1, 0.15) is 6.33 Å². The number of hydrogen-bond donors (Lipinski definition) is 1. The van der Waals surface area contributed by atoms with Crippen LogP contribution in [-0.2, 0) is 20.0 Å². The van der Waals surface area contributed by atoms with Crippen molar-refractivity contribution in [1.82, 2.24) is 24.5 Å². The summed E-state index contributed by atoms with van der Waals surface area (Å²) in [4.78, 5) is 4.18. The molecule has 0 radical (unpaired) electrons. The quantitative estimate of drug-likeness (QED) is 0.926. The van der Waals surface area contributed by atoms with Crippen LogP contribution in [0.2, 0.25) is 0 Å². The fourth-order valence-corrected chi connectivity index (χ4v) is 2.48. The normalized spacial score (nSPS) is 12.9. The first-order chi connectivity index (χ1) is 8.52. The minimum Gasteiger partial charge on any atom is -0.321 e. The van der Waals surface area contributed by atoms with Crippen molar-refractivity contribution in [3.05, 3.63) is 28.0 Å². The number of aromatic nitrogens is 5. The van der Waals surface area contributed by atoms with Gasteiger partial charge < -0.3 is 5.73 Å². The molecule has 0 saturated heterocycles. The maximum absolute atomic E-state index is 5.74. The summed E-state index contributed by atoms with van der Waals surface area (Å²) in [5.41, 5.74) is 7.87. The van der Waals surface area contributed by atoms with Crippen LogP contribution in [0.1, 0.15) is 37.1 Å². The van der Waals surface area contributed by atoms with Crippen LogP contribution in [0.3, 0.4) is 0 Å². The van der Waals surface area contributed by atoms with Crippen molar-refractivity contribution in [2.24, 2.45) is 12.8 Å². The minimum atomic E-state index is -0.146. The average Bonchev–Trinajstić information content (AvgIpc) is 2.89. The summed E-state index contributed by atoms with van der Waals surface area (Å²) in [6.07, 6.45) is 2.60. The Hall–Kier alpha value is -1.21. The Labute approximate surface area is 114 Å². The topological polar surface area (TPSA) is 74.5 Å². The molecule has 98 valence electrons. The highest BCUT2D eigenvalue weighted by Gasteiger charge is 2.14. The summed E-state index contributed by atoms with van der Waals surface area (Å²) < 4.78 is 4.70. The number of aryl methyl sites for hydroxylation is 2. The molecule has 0 aliphatic carbocycles. The molecule has 6 nitrogen and oxygen atoms in total. The Kier molecular flexibility index (Phi) is 3.82. The van der Waals surface area contributed by atoms with E-state index in [9.17, 15) is 0 Å². The third kappa shape index (κ3) is 2.46. The van der Waals surface area contributed by atoms with Crippen molar-refractivity contribution in [2.75, 3.05) is 0 Å². The van der Waals surface area contributed by atoms with Crippen molar-refractivity contribution < 1.29 is 0 Å². The smallest absolute Gasteiger partial charge is 0.166 e. The maximum Gasteiger partial charge on any atom is 0.166 e. The van der Waals surface area contributed by atoms with Crippen LogP contribution in [0.4, 0.5) is 0 Å². The molecule has 18 heavy (non-hydrogen) atoms. The van der Waals surface area contributed by atoms with Crippen molar-refractivity contribution in [3.63, 3.8) is 0 Å². The van der Waals surface area contributed by atoms with Crippen molar-refractivity contribution >= 4 is 15.9 Å². The lowest BCUT2D eigenvalue weighted by Gasteiger charge is -2.03. The van der Waals surface area contributed by atoms with Crippen LogP contribution < -0.4 is 5.73 Å². The van der Waals surface area contributed by atoms with E-state index in [0.29, 0.717) is 12.4 Å². The van der Waals surface area contributed by atoms with Gasteiger partial charge in [-0.1, -0.05) is 6.92 Å². The summed E-state index contributed by atoms with van der Waals surface area (Å²) in [7, 11) is 1.93. The van der Waals surface area contributed by atoms with E-state index in [1.807, 2.05) is 18.7 Å². The van der Waals surface area contributed by atoms with Gasteiger partial charge in [0.05, 0.1) is 28.4 Å². The zero-order chi connectivity index (χ0) is 13.3. The number of halogens is 1. The van der Waals surface area contributed by atoms with Crippen LogP contribution in [0.5, 0.6) is 0 Å². The highest BCUT2D eigenvalue weighted by Crippen LogP contribution is 2.22. The van der Waals surface area contributed by atoms with Crippen molar-refractivity contribution in [1.29, 1.82) is 0 Å². The molecule has 0 aromatic carbocycles. The molecular weight excluding hydrogens is 296 g/mol. The lowest BCUT2D eigenvalue weighted by molar-refractivity contribution is 0.602. The van der Waals surface area contributed by atoms with Crippen molar-refractivity contribution in [3.8, 4) is 0 Å². The Bertz CT molecular complexity index is 542. The standard InChI is InChI=1S/C11H17BrN6/c1-4-8-10(12)9(17(3)15-8)5-18-6-14-11(16-18)7(2)13/h6-7H,4-5,13H2,1-3H3. The van der Waals surface area contributed by atoms with E-state index in [-0.39, 0.29) is 6.04 Å². The zero-order valence-corrected chi connectivity index (χ0v) is 12.3. The monoisotopic (exact) mass is 312 g/mol. The Morgan fingerprint density at radius 3 is 2.67 bits per heavy atom. The molecule has 0 amide bonds. The Balaban J connectivity index is 2.25. The lowest BCUT2D eigenvalue weighted by Crippen LogP contribution is -2.10. The van der Waals surface area contributed by atoms with E-state index in [4.69, 9.17) is 5.73 Å². The maximum atomic E-state index is 5.74. The minimum absolute atomic E-state index is 0.146. The van der Waals surface area contributed by atoms with Gasteiger partial charge in [0, 0.05) is 7.05 Å². The third-order valence-corrected chi connectivity index (χ3v) is 3.69. The second-order valence-electron chi connectivity index (χ2n) is 4.27. The first kappa shape index (κ1) is 13.2. The molecule has 7 heteroatoms. The van der Waals surface area contributed by atoms with E-state index in [2.05, 4.69) is 38.0 Å². The summed E-state index contributed by atoms with van der Waals surface area (Å²) >= 11 is 3.59. The van der Waals surface area contributed by atoms with Gasteiger partial charge in [0.2, 0.25) is 0 Å². The van der Waals surface area contributed by atoms with Crippen LogP contribution in [0.15, 0.2) is 10.8 Å². The molecule has 1 unspecified atom stereocenters. The highest BCUT2D eigenvalue weighted by molar-refractivity contribution is 9.10. The van der Waals surface area contributed by atoms with Crippen LogP contribution in [0, 0.1) is 0 Å². The molecule has 2 aromatic rings. The third-order valence-electron chi connectivity index (χ3n) is 2.78. The molecular formula is C11H17BrN6. The lowest BCUT2D eigenvalue weighted by atomic mass is 10.3. The van der Waals surface area contributed by atoms with Gasteiger partial charge in [-0.25, -0.2) is 9.67 Å². The second-order valence-corrected chi connectivity index (χ2v) is 5.07. The molecule has 0 aliphatic rings. The molecule has 0 saturated carbocycles. The number of nitrogens with zero attached hydrogens (tertiary/aromatic N) is 5. The molecule has 0 spiro atoms. The average molecular weight is 313 g/mol. The summed E-state index contributed by atoms with van der Waals surface area (Å²) in [5.74, 6) is 0.656. The van der Waals surface area contributed by atoms with Gasteiger partial charge in [0.25, 0.3) is 0 Å². The van der Waals surface area contributed by atoms with Gasteiger partial charge in [-0.3, -0.25) is 4.68 Å². The largest absolute Gasteiger partial charge is 0.321 e. The fraction of sp³-hybridized carbons (Fsp3) is 0.545. The van der Waals surface area contributed by atoms with Crippen molar-refractivity contribution in [2.45, 2.75) is 32.9 Å². The molecule has 2 aromatic heterocycles. The van der Waals surface area contributed by atoms with Gasteiger partial charge >= 0.3 is 0 Å². The SMILES string of the molecule is CCc1nn(C)c(Cn2cnc(C(C)N)n2)c1Br. The first-order valence-electron chi connectivity index (χ1n) is 5.88. The molecule has 0 fully saturated rings. The fourth-order valence-electron chi connectivity index (χ4n) is 1.74. The highest BCUT2D eigenvalue weighted by atomic mass is 79.9. The molecule has 1 atom stereocenters. The molecule has 2 N–H and O–H groups in total. The molecule has 0 aliphatic heterocycles. The Morgan fingerprint density at radius 2 is 2.17 bits per heavy atom. The number of rotatable bonds is 4. The summed E-state index contributed by atoms with van der Waals surface area (Å²) in [6, 6.07) is -0.146. The number of nitrogens with two attached hydrogens (primary N) is 1. The van der Waals surface area contributed by atoms with Crippen LogP contribution in [0.25, 0.3) is 0 Å². The molecule has 2 rings (SSSR count). The van der Waals surface area contributed by atoms with Crippen LogP contribution in [-0.4, -0.2) is 24.5 Å². The summed E-state index contributed by atoms with van der Waals surface area (Å²) in [6.45, 7) is 4.58. The predicted octanol–water partition coefficient (Wildman–Crippen LogP) is 1.40. The van der Waals surface area contributed by atoms with E-state index < -0.39 is 0 Å². The molecule has 0 bridgehead atoms. The van der Waals surface area contributed by atoms with E-state index >= 15 is 0 Å². The first-order valence-corrected chi connectivity index (χ1v) is 6.67. The summed E-state index contributed by atoms with van der Waals surface area (Å²) in [5, 5.41) is 8.79. The van der Waals surface area contributed by atoms with E-state index in [1.165, 1.54) is 0 Å². The second kappa shape index (κ2) is 5.19. The Morgan fingerprint density at radius 1 is 1.44 bits per heavy atom. The van der Waals surface area contributed by atoms with Gasteiger partial charge in [-0.05, 0) is 29.3 Å². The van der Waals surface area contributed by atoms with E-state index in [1.54, 1.807) is 11.0 Å². The molecule has 2 heterocycles. The predicted molar refractivity (Wildman–Crippen MR) is 72.0 cm³/mol.